The van der Waals surface area contributed by atoms with Gasteiger partial charge in [0, 0.05) is 11.6 Å². The van der Waals surface area contributed by atoms with E-state index in [0.717, 1.165) is 12.1 Å². The average Bonchev–Trinajstić information content (AvgIpc) is 2.51. The highest BCUT2D eigenvalue weighted by atomic mass is 16.5. The summed E-state index contributed by atoms with van der Waals surface area (Å²) in [5.74, 6) is 0.831. The molecule has 1 amide bonds. The van der Waals surface area contributed by atoms with Gasteiger partial charge in [0.15, 0.2) is 0 Å². The van der Waals surface area contributed by atoms with Crippen LogP contribution in [0.3, 0.4) is 0 Å². The number of primary amides is 1. The number of nitrogens with zero attached hydrogens (tertiary/aromatic N) is 1. The maximum atomic E-state index is 11.0. The second kappa shape index (κ2) is 6.85. The molecule has 0 aliphatic heterocycles. The van der Waals surface area contributed by atoms with Gasteiger partial charge in [0.1, 0.15) is 11.5 Å². The molecule has 1 aromatic carbocycles. The van der Waals surface area contributed by atoms with Gasteiger partial charge in [0.05, 0.1) is 11.9 Å². The fourth-order valence-corrected chi connectivity index (χ4v) is 2.04. The van der Waals surface area contributed by atoms with E-state index in [0.29, 0.717) is 17.1 Å². The van der Waals surface area contributed by atoms with E-state index in [1.54, 1.807) is 30.5 Å². The molecule has 21 heavy (non-hydrogen) atoms. The van der Waals surface area contributed by atoms with E-state index in [4.69, 9.17) is 10.5 Å². The monoisotopic (exact) mass is 285 g/mol. The Labute approximate surface area is 124 Å². The van der Waals surface area contributed by atoms with E-state index in [1.165, 1.54) is 0 Å². The molecule has 5 heteroatoms. The first-order valence-corrected chi connectivity index (χ1v) is 6.85. The summed E-state index contributed by atoms with van der Waals surface area (Å²) in [4.78, 5) is 15.4. The van der Waals surface area contributed by atoms with E-state index in [2.05, 4.69) is 17.2 Å². The summed E-state index contributed by atoms with van der Waals surface area (Å²) >= 11 is 0. The summed E-state index contributed by atoms with van der Waals surface area (Å²) in [5, 5.41) is 3.21. The second-order valence-corrected chi connectivity index (χ2v) is 4.66. The van der Waals surface area contributed by atoms with Crippen LogP contribution in [-0.4, -0.2) is 17.9 Å². The van der Waals surface area contributed by atoms with Crippen molar-refractivity contribution < 1.29 is 9.53 Å². The van der Waals surface area contributed by atoms with Gasteiger partial charge in [-0.15, -0.1) is 0 Å². The molecule has 0 fully saturated rings. The van der Waals surface area contributed by atoms with Gasteiger partial charge < -0.3 is 15.8 Å². The Bertz CT molecular complexity index is 590. The molecule has 1 atom stereocenters. The third-order valence-corrected chi connectivity index (χ3v) is 3.25. The Morgan fingerprint density at radius 1 is 1.24 bits per heavy atom. The van der Waals surface area contributed by atoms with Gasteiger partial charge in [-0.05, 0) is 49.9 Å². The highest BCUT2D eigenvalue weighted by molar-refractivity contribution is 5.92. The smallest absolute Gasteiger partial charge is 0.248 e. The minimum atomic E-state index is -0.453. The van der Waals surface area contributed by atoms with E-state index in [1.807, 2.05) is 19.2 Å². The van der Waals surface area contributed by atoms with Crippen LogP contribution in [0.25, 0.3) is 0 Å². The molecular formula is C16H19N3O2. The number of hydrogen-bond donors (Lipinski definition) is 2. The fraction of sp³-hybridized carbons (Fsp3) is 0.250. The zero-order chi connectivity index (χ0) is 15.2. The minimum absolute atomic E-state index is 0.244. The molecule has 0 aliphatic rings. The molecule has 0 saturated carbocycles. The molecule has 2 aromatic rings. The quantitative estimate of drug-likeness (QED) is 0.855. The summed E-state index contributed by atoms with van der Waals surface area (Å²) in [6.45, 7) is 2.10. The van der Waals surface area contributed by atoms with Gasteiger partial charge in [-0.2, -0.15) is 0 Å². The molecule has 0 aliphatic carbocycles. The molecule has 5 nitrogen and oxygen atoms in total. The molecule has 110 valence electrons. The predicted octanol–water partition coefficient (Wildman–Crippen LogP) is 2.64. The van der Waals surface area contributed by atoms with E-state index in [9.17, 15) is 4.79 Å². The number of nitrogens with two attached hydrogens (primary N) is 1. The number of amides is 1. The Morgan fingerprint density at radius 3 is 2.38 bits per heavy atom. The summed E-state index contributed by atoms with van der Waals surface area (Å²) in [5.41, 5.74) is 6.63. The van der Waals surface area contributed by atoms with Gasteiger partial charge in [0.2, 0.25) is 5.91 Å². The van der Waals surface area contributed by atoms with Gasteiger partial charge in [-0.1, -0.05) is 6.92 Å². The van der Waals surface area contributed by atoms with Gasteiger partial charge in [-0.3, -0.25) is 9.78 Å². The average molecular weight is 285 g/mol. The molecule has 0 radical (unpaired) electrons. The number of carbonyl (C=O) groups excluding carboxylic acids is 1. The number of pyridine rings is 1. The maximum Gasteiger partial charge on any atom is 0.248 e. The molecule has 1 unspecified atom stereocenters. The van der Waals surface area contributed by atoms with Crippen LogP contribution in [0.1, 0.15) is 35.4 Å². The summed E-state index contributed by atoms with van der Waals surface area (Å²) in [7, 11) is 1.92. The van der Waals surface area contributed by atoms with Gasteiger partial charge in [0.25, 0.3) is 0 Å². The lowest BCUT2D eigenvalue weighted by atomic mass is 10.1. The van der Waals surface area contributed by atoms with Gasteiger partial charge >= 0.3 is 0 Å². The summed E-state index contributed by atoms with van der Waals surface area (Å²) < 4.78 is 5.68. The molecule has 1 heterocycles. The van der Waals surface area contributed by atoms with Crippen molar-refractivity contribution in [3.63, 3.8) is 0 Å². The zero-order valence-electron chi connectivity index (χ0n) is 12.2. The van der Waals surface area contributed by atoms with Crippen molar-refractivity contribution in [1.82, 2.24) is 10.3 Å². The SMILES string of the molecule is CCC(NC)c1ccc(Oc2ccc(C(N)=O)cc2)cn1. The predicted molar refractivity (Wildman–Crippen MR) is 81.4 cm³/mol. The molecule has 0 saturated heterocycles. The largest absolute Gasteiger partial charge is 0.456 e. The lowest BCUT2D eigenvalue weighted by Gasteiger charge is -2.13. The molecule has 1 aromatic heterocycles. The number of aromatic nitrogens is 1. The van der Waals surface area contributed by atoms with Crippen molar-refractivity contribution >= 4 is 5.91 Å². The summed E-state index contributed by atoms with van der Waals surface area (Å²) in [6.07, 6.45) is 2.66. The van der Waals surface area contributed by atoms with Crippen LogP contribution < -0.4 is 15.8 Å². The van der Waals surface area contributed by atoms with Crippen LogP contribution in [0.15, 0.2) is 42.6 Å². The molecule has 3 N–H and O–H groups in total. The van der Waals surface area contributed by atoms with E-state index < -0.39 is 5.91 Å². The highest BCUT2D eigenvalue weighted by Crippen LogP contribution is 2.22. The molecular weight excluding hydrogens is 266 g/mol. The molecule has 0 spiro atoms. The normalized spacial score (nSPS) is 11.9. The van der Waals surface area contributed by atoms with Gasteiger partial charge in [-0.25, -0.2) is 0 Å². The van der Waals surface area contributed by atoms with Crippen LogP contribution in [0, 0.1) is 0 Å². The first-order chi connectivity index (χ1) is 10.1. The second-order valence-electron chi connectivity index (χ2n) is 4.66. The Kier molecular flexibility index (Phi) is 4.90. The number of benzene rings is 1. The van der Waals surface area contributed by atoms with Crippen molar-refractivity contribution in [1.29, 1.82) is 0 Å². The molecule has 0 bridgehead atoms. The molecule has 2 rings (SSSR count). The fourth-order valence-electron chi connectivity index (χ4n) is 2.04. The third kappa shape index (κ3) is 3.79. The number of ether oxygens (including phenoxy) is 1. The van der Waals surface area contributed by atoms with E-state index >= 15 is 0 Å². The van der Waals surface area contributed by atoms with Crippen LogP contribution in [-0.2, 0) is 0 Å². The summed E-state index contributed by atoms with van der Waals surface area (Å²) in [6, 6.07) is 10.7. The van der Waals surface area contributed by atoms with Crippen molar-refractivity contribution in [2.75, 3.05) is 7.05 Å². The van der Waals surface area contributed by atoms with Crippen LogP contribution in [0.5, 0.6) is 11.5 Å². The van der Waals surface area contributed by atoms with Crippen molar-refractivity contribution in [2.45, 2.75) is 19.4 Å². The Balaban J connectivity index is 2.07. The maximum absolute atomic E-state index is 11.0. The van der Waals surface area contributed by atoms with Crippen LogP contribution in [0.4, 0.5) is 0 Å². The van der Waals surface area contributed by atoms with Crippen LogP contribution in [0.2, 0.25) is 0 Å². The van der Waals surface area contributed by atoms with Crippen molar-refractivity contribution in [3.05, 3.63) is 53.9 Å². The standard InChI is InChI=1S/C16H19N3O2/c1-3-14(18-2)15-9-8-13(10-19-15)21-12-6-4-11(5-7-12)16(17)20/h4-10,14,18H,3H2,1-2H3,(H2,17,20). The lowest BCUT2D eigenvalue weighted by molar-refractivity contribution is 0.100. The minimum Gasteiger partial charge on any atom is -0.456 e. The first kappa shape index (κ1) is 15.0. The Morgan fingerprint density at radius 2 is 1.90 bits per heavy atom. The van der Waals surface area contributed by atoms with E-state index in [-0.39, 0.29) is 6.04 Å². The number of carbonyl (C=O) groups is 1. The van der Waals surface area contributed by atoms with Crippen molar-refractivity contribution in [2.24, 2.45) is 5.73 Å². The van der Waals surface area contributed by atoms with Crippen molar-refractivity contribution in [3.8, 4) is 11.5 Å². The number of rotatable bonds is 6. The topological polar surface area (TPSA) is 77.2 Å². The Hall–Kier alpha value is -2.40. The lowest BCUT2D eigenvalue weighted by Crippen LogP contribution is -2.16. The number of nitrogens with one attached hydrogen (secondary N) is 1. The number of hydrogen-bond acceptors (Lipinski definition) is 4. The third-order valence-electron chi connectivity index (χ3n) is 3.25. The zero-order valence-corrected chi connectivity index (χ0v) is 12.2. The highest BCUT2D eigenvalue weighted by Gasteiger charge is 2.08. The van der Waals surface area contributed by atoms with Crippen LogP contribution >= 0.6 is 0 Å². The first-order valence-electron chi connectivity index (χ1n) is 6.85.